The molecule has 0 bridgehead atoms. The second kappa shape index (κ2) is 3.68. The van der Waals surface area contributed by atoms with Crippen LogP contribution in [-0.2, 0) is 9.53 Å². The molecule has 0 radical (unpaired) electrons. The van der Waals surface area contributed by atoms with Gasteiger partial charge in [-0.2, -0.15) is 0 Å². The molecule has 0 aromatic heterocycles. The van der Waals surface area contributed by atoms with Crippen LogP contribution in [0.5, 0.6) is 0 Å². The highest BCUT2D eigenvalue weighted by Crippen LogP contribution is 2.23. The smallest absolute Gasteiger partial charge is 0.331 e. The molecule has 0 unspecified atom stereocenters. The highest BCUT2D eigenvalue weighted by Gasteiger charge is 2.22. The molecule has 1 N–H and O–H groups in total. The van der Waals surface area contributed by atoms with E-state index in [4.69, 9.17) is 12.2 Å². The minimum atomic E-state index is -0.517. The van der Waals surface area contributed by atoms with Crippen LogP contribution in [0.1, 0.15) is 0 Å². The molecular formula is C6H5NO3S2. The molecule has 0 saturated carbocycles. The number of hydrogen-bond donors (Lipinski definition) is 1. The molecule has 0 aromatic carbocycles. The molecule has 6 heteroatoms. The lowest BCUT2D eigenvalue weighted by Gasteiger charge is -1.92. The minimum Gasteiger partial charge on any atom is -0.466 e. The van der Waals surface area contributed by atoms with Gasteiger partial charge in [0.1, 0.15) is 4.99 Å². The first kappa shape index (κ1) is 9.21. The van der Waals surface area contributed by atoms with Gasteiger partial charge in [0, 0.05) is 6.08 Å². The quantitative estimate of drug-likeness (QED) is 0.388. The lowest BCUT2D eigenvalue weighted by atomic mass is 10.5. The Bertz CT molecular complexity index is 285. The second-order valence-corrected chi connectivity index (χ2v) is 3.30. The van der Waals surface area contributed by atoms with Crippen molar-refractivity contribution in [2.75, 3.05) is 7.11 Å². The van der Waals surface area contributed by atoms with Crippen molar-refractivity contribution in [2.45, 2.75) is 0 Å². The highest BCUT2D eigenvalue weighted by atomic mass is 32.2. The van der Waals surface area contributed by atoms with Gasteiger partial charge in [0.05, 0.1) is 12.0 Å². The first-order chi connectivity index (χ1) is 5.63. The molecule has 1 saturated heterocycles. The summed E-state index contributed by atoms with van der Waals surface area (Å²) < 4.78 is 4.37. The zero-order chi connectivity index (χ0) is 9.14. The van der Waals surface area contributed by atoms with Crippen molar-refractivity contribution in [3.63, 3.8) is 0 Å². The summed E-state index contributed by atoms with van der Waals surface area (Å²) >= 11 is 5.64. The van der Waals surface area contributed by atoms with Crippen LogP contribution in [0.3, 0.4) is 0 Å². The molecular weight excluding hydrogens is 198 g/mol. The maximum Gasteiger partial charge on any atom is 0.331 e. The molecule has 0 aromatic rings. The summed E-state index contributed by atoms with van der Waals surface area (Å²) in [4.78, 5) is 22.1. The van der Waals surface area contributed by atoms with Crippen LogP contribution < -0.4 is 5.32 Å². The maximum atomic E-state index is 10.7. The highest BCUT2D eigenvalue weighted by molar-refractivity contribution is 8.19. The average Bonchev–Trinajstić information content (AvgIpc) is 2.30. The fourth-order valence-electron chi connectivity index (χ4n) is 0.587. The number of ether oxygens (including phenoxy) is 1. The summed E-state index contributed by atoms with van der Waals surface area (Å²) in [5.41, 5.74) is 0. The molecule has 1 fully saturated rings. The molecule has 64 valence electrons. The van der Waals surface area contributed by atoms with E-state index >= 15 is 0 Å². The third kappa shape index (κ3) is 2.05. The summed E-state index contributed by atoms with van der Waals surface area (Å²) in [5.74, 6) is -0.517. The maximum absolute atomic E-state index is 10.7. The SMILES string of the molecule is COC(=O)/C=C1/SC(=O)NC1=S. The number of esters is 1. The first-order valence-electron chi connectivity index (χ1n) is 2.96. The van der Waals surface area contributed by atoms with Gasteiger partial charge < -0.3 is 10.1 Å². The average molecular weight is 203 g/mol. The summed E-state index contributed by atoms with van der Waals surface area (Å²) in [5, 5.41) is 2.11. The number of rotatable bonds is 1. The Kier molecular flexibility index (Phi) is 2.83. The Morgan fingerprint density at radius 2 is 2.42 bits per heavy atom. The van der Waals surface area contributed by atoms with E-state index in [0.29, 0.717) is 4.91 Å². The standard InChI is InChI=1S/C6H5NO3S2/c1-10-4(8)2-3-5(11)7-6(9)12-3/h2H,1H3,(H,7,9,11)/b3-2+. The van der Waals surface area contributed by atoms with Crippen LogP contribution in [0, 0.1) is 0 Å². The van der Waals surface area contributed by atoms with E-state index in [2.05, 4.69) is 10.1 Å². The van der Waals surface area contributed by atoms with Gasteiger partial charge in [0.2, 0.25) is 0 Å². The lowest BCUT2D eigenvalue weighted by molar-refractivity contribution is -0.134. The zero-order valence-electron chi connectivity index (χ0n) is 6.12. The van der Waals surface area contributed by atoms with E-state index < -0.39 is 5.97 Å². The molecule has 0 aliphatic carbocycles. The lowest BCUT2D eigenvalue weighted by Crippen LogP contribution is -2.16. The third-order valence-electron chi connectivity index (χ3n) is 1.09. The summed E-state index contributed by atoms with van der Waals surface area (Å²) in [6.07, 6.45) is 1.19. The molecule has 1 aliphatic heterocycles. The number of thioether (sulfide) groups is 1. The number of amides is 1. The number of carbonyl (C=O) groups excluding carboxylic acids is 2. The first-order valence-corrected chi connectivity index (χ1v) is 4.19. The van der Waals surface area contributed by atoms with Crippen molar-refractivity contribution in [3.05, 3.63) is 11.0 Å². The van der Waals surface area contributed by atoms with E-state index in [0.717, 1.165) is 11.8 Å². The van der Waals surface area contributed by atoms with Crippen molar-refractivity contribution >= 4 is 40.2 Å². The Morgan fingerprint density at radius 3 is 2.83 bits per heavy atom. The summed E-state index contributed by atoms with van der Waals surface area (Å²) in [7, 11) is 1.26. The molecule has 0 atom stereocenters. The van der Waals surface area contributed by atoms with Crippen LogP contribution in [0.4, 0.5) is 4.79 Å². The van der Waals surface area contributed by atoms with Crippen LogP contribution in [-0.4, -0.2) is 23.3 Å². The Hall–Kier alpha value is -0.880. The molecule has 1 rings (SSSR count). The van der Waals surface area contributed by atoms with Crippen molar-refractivity contribution in [1.82, 2.24) is 5.32 Å². The Balaban J connectivity index is 2.76. The molecule has 0 spiro atoms. The predicted octanol–water partition coefficient (Wildman–Crippen LogP) is 0.827. The normalized spacial score (nSPS) is 19.6. The molecule has 1 amide bonds. The number of methoxy groups -OCH3 is 1. The number of thiocarbonyl (C=S) groups is 1. The minimum absolute atomic E-state index is 0.268. The largest absolute Gasteiger partial charge is 0.466 e. The van der Waals surface area contributed by atoms with E-state index in [1.165, 1.54) is 13.2 Å². The van der Waals surface area contributed by atoms with Crippen molar-refractivity contribution in [1.29, 1.82) is 0 Å². The Labute approximate surface area is 78.3 Å². The van der Waals surface area contributed by atoms with Gasteiger partial charge in [0.15, 0.2) is 0 Å². The van der Waals surface area contributed by atoms with Crippen molar-refractivity contribution < 1.29 is 14.3 Å². The van der Waals surface area contributed by atoms with E-state index in [1.54, 1.807) is 0 Å². The zero-order valence-corrected chi connectivity index (χ0v) is 7.75. The third-order valence-corrected chi connectivity index (χ3v) is 2.37. The number of hydrogen-bond acceptors (Lipinski definition) is 5. The van der Waals surface area contributed by atoms with Gasteiger partial charge in [-0.1, -0.05) is 12.2 Å². The molecule has 1 aliphatic rings. The molecule has 12 heavy (non-hydrogen) atoms. The summed E-state index contributed by atoms with van der Waals surface area (Å²) in [6.45, 7) is 0. The van der Waals surface area contributed by atoms with Crippen LogP contribution >= 0.6 is 24.0 Å². The van der Waals surface area contributed by atoms with Crippen LogP contribution in [0.2, 0.25) is 0 Å². The van der Waals surface area contributed by atoms with Gasteiger partial charge in [-0.3, -0.25) is 4.79 Å². The van der Waals surface area contributed by atoms with Gasteiger partial charge >= 0.3 is 5.97 Å². The van der Waals surface area contributed by atoms with Crippen LogP contribution in [0.15, 0.2) is 11.0 Å². The van der Waals surface area contributed by atoms with Crippen molar-refractivity contribution in [2.24, 2.45) is 0 Å². The summed E-state index contributed by atoms with van der Waals surface area (Å²) in [6, 6.07) is 0. The van der Waals surface area contributed by atoms with Crippen LogP contribution in [0.25, 0.3) is 0 Å². The number of nitrogens with one attached hydrogen (secondary N) is 1. The van der Waals surface area contributed by atoms with Gasteiger partial charge in [-0.05, 0) is 11.8 Å². The number of carbonyl (C=O) groups is 2. The molecule has 1 heterocycles. The Morgan fingerprint density at radius 1 is 1.75 bits per heavy atom. The fraction of sp³-hybridized carbons (Fsp3) is 0.167. The van der Waals surface area contributed by atoms with Gasteiger partial charge in [0.25, 0.3) is 5.24 Å². The van der Waals surface area contributed by atoms with Gasteiger partial charge in [-0.15, -0.1) is 0 Å². The second-order valence-electron chi connectivity index (χ2n) is 1.88. The van der Waals surface area contributed by atoms with E-state index in [1.807, 2.05) is 0 Å². The van der Waals surface area contributed by atoms with Crippen molar-refractivity contribution in [3.8, 4) is 0 Å². The topological polar surface area (TPSA) is 55.4 Å². The monoisotopic (exact) mass is 203 g/mol. The van der Waals surface area contributed by atoms with Gasteiger partial charge in [-0.25, -0.2) is 4.79 Å². The predicted molar refractivity (Wildman–Crippen MR) is 48.8 cm³/mol. The van der Waals surface area contributed by atoms with E-state index in [-0.39, 0.29) is 10.2 Å². The molecule has 4 nitrogen and oxygen atoms in total. The fourth-order valence-corrected chi connectivity index (χ4v) is 1.58. The van der Waals surface area contributed by atoms with E-state index in [9.17, 15) is 9.59 Å².